The molecule has 0 fully saturated rings. The van der Waals surface area contributed by atoms with Crippen molar-refractivity contribution in [1.29, 1.82) is 0 Å². The van der Waals surface area contributed by atoms with Crippen molar-refractivity contribution in [3.63, 3.8) is 0 Å². The third-order valence-electron chi connectivity index (χ3n) is 12.2. The smallest absolute Gasteiger partial charge is 0.305 e. The molecule has 0 saturated heterocycles. The van der Waals surface area contributed by atoms with E-state index >= 15 is 0 Å². The summed E-state index contributed by atoms with van der Waals surface area (Å²) >= 11 is 0. The molecule has 7 aromatic carbocycles. The summed E-state index contributed by atoms with van der Waals surface area (Å²) in [5.41, 5.74) is 19.8. The van der Waals surface area contributed by atoms with Gasteiger partial charge in [0.2, 0.25) is 0 Å². The number of aromatic nitrogens is 5. The van der Waals surface area contributed by atoms with Crippen molar-refractivity contribution in [1.82, 2.24) is 24.6 Å². The Balaban J connectivity index is 0.00000481. The molecule has 66 heavy (non-hydrogen) atoms. The van der Waals surface area contributed by atoms with Gasteiger partial charge in [-0.25, -0.2) is 4.52 Å². The first-order valence-electron chi connectivity index (χ1n) is 21.6. The summed E-state index contributed by atoms with van der Waals surface area (Å²) in [7, 11) is 0. The second-order valence-electron chi connectivity index (χ2n) is 16.0. The number of benzene rings is 7. The molecule has 5 nitrogen and oxygen atoms in total. The van der Waals surface area contributed by atoms with E-state index in [-0.39, 0.29) is 20.1 Å². The van der Waals surface area contributed by atoms with Gasteiger partial charge in [0.1, 0.15) is 0 Å². The number of pyridine rings is 4. The molecule has 0 spiro atoms. The largest absolute Gasteiger partial charge is 3.00 e. The summed E-state index contributed by atoms with van der Waals surface area (Å²) in [6, 6.07) is 78.8. The van der Waals surface area contributed by atoms with E-state index < -0.39 is 0 Å². The Hall–Kier alpha value is -8.15. The van der Waals surface area contributed by atoms with Gasteiger partial charge in [-0.15, -0.1) is 83.2 Å². The van der Waals surface area contributed by atoms with Gasteiger partial charge in [0.25, 0.3) is 0 Å². The molecule has 0 aliphatic carbocycles. The summed E-state index contributed by atoms with van der Waals surface area (Å²) in [6.07, 6.45) is 7.32. The molecule has 12 rings (SSSR count). The number of nitrogens with zero attached hydrogens (tertiary/aromatic N) is 5. The molecule has 12 aromatic rings. The van der Waals surface area contributed by atoms with Gasteiger partial charge in [-0.1, -0.05) is 136 Å². The third-order valence-corrected chi connectivity index (χ3v) is 12.2. The molecule has 0 saturated carbocycles. The Morgan fingerprint density at radius 3 is 1.30 bits per heavy atom. The Kier molecular flexibility index (Phi) is 10.7. The summed E-state index contributed by atoms with van der Waals surface area (Å²) in [6.45, 7) is 0. The van der Waals surface area contributed by atoms with E-state index in [1.165, 1.54) is 0 Å². The molecule has 0 aliphatic heterocycles. The van der Waals surface area contributed by atoms with Gasteiger partial charge in [0, 0.05) is 41.3 Å². The van der Waals surface area contributed by atoms with Crippen molar-refractivity contribution < 1.29 is 20.1 Å². The number of rotatable bonds is 8. The maximum absolute atomic E-state index is 4.78. The Morgan fingerprint density at radius 2 is 0.818 bits per heavy atom. The molecule has 0 amide bonds. The second kappa shape index (κ2) is 17.4. The van der Waals surface area contributed by atoms with Crippen molar-refractivity contribution in [3.8, 4) is 89.3 Å². The van der Waals surface area contributed by atoms with E-state index in [1.807, 2.05) is 71.8 Å². The first-order chi connectivity index (χ1) is 32.2. The van der Waals surface area contributed by atoms with Gasteiger partial charge in [-0.3, -0.25) is 0 Å². The molecule has 5 aromatic heterocycles. The summed E-state index contributed by atoms with van der Waals surface area (Å²) in [5.74, 6) is 0. The molecular weight excluding hydrogens is 983 g/mol. The first kappa shape index (κ1) is 40.6. The summed E-state index contributed by atoms with van der Waals surface area (Å²) in [5, 5.41) is 6.71. The molecule has 0 N–H and O–H groups in total. The van der Waals surface area contributed by atoms with Crippen molar-refractivity contribution in [2.75, 3.05) is 0 Å². The van der Waals surface area contributed by atoms with E-state index in [0.717, 1.165) is 117 Å². The average molecular weight is 1020 g/mol. The summed E-state index contributed by atoms with van der Waals surface area (Å²) in [4.78, 5) is 13.9. The minimum absolute atomic E-state index is 0. The van der Waals surface area contributed by atoms with Crippen LogP contribution in [0.15, 0.2) is 219 Å². The zero-order chi connectivity index (χ0) is 43.1. The Morgan fingerprint density at radius 1 is 0.348 bits per heavy atom. The maximum Gasteiger partial charge on any atom is 3.00 e. The predicted molar refractivity (Wildman–Crippen MR) is 264 cm³/mol. The maximum atomic E-state index is 4.78. The number of hydrogen-bond acceptors (Lipinski definition) is 4. The minimum atomic E-state index is 0. The summed E-state index contributed by atoms with van der Waals surface area (Å²) < 4.78 is 1.98. The topological polar surface area (TPSA) is 56.0 Å². The number of hydrogen-bond donors (Lipinski definition) is 0. The fourth-order valence-corrected chi connectivity index (χ4v) is 9.11. The van der Waals surface area contributed by atoms with Crippen LogP contribution in [0, 0.1) is 18.2 Å². The van der Waals surface area contributed by atoms with Crippen LogP contribution in [0.25, 0.3) is 117 Å². The van der Waals surface area contributed by atoms with Crippen LogP contribution in [-0.4, -0.2) is 24.6 Å². The molecule has 0 bridgehead atoms. The van der Waals surface area contributed by atoms with Gasteiger partial charge in [0.15, 0.2) is 0 Å². The Labute approximate surface area is 396 Å². The molecule has 0 unspecified atom stereocenters. The van der Waals surface area contributed by atoms with E-state index in [4.69, 9.17) is 4.98 Å². The zero-order valence-corrected chi connectivity index (χ0v) is 37.7. The fourth-order valence-electron chi connectivity index (χ4n) is 9.11. The first-order valence-corrected chi connectivity index (χ1v) is 21.6. The van der Waals surface area contributed by atoms with Crippen LogP contribution in [0.5, 0.6) is 0 Å². The van der Waals surface area contributed by atoms with Crippen molar-refractivity contribution >= 4 is 27.3 Å². The van der Waals surface area contributed by atoms with Crippen molar-refractivity contribution in [2.24, 2.45) is 0 Å². The molecular formula is C60H36IrN5. The molecule has 0 radical (unpaired) electrons. The van der Waals surface area contributed by atoms with Crippen LogP contribution < -0.4 is 0 Å². The fraction of sp³-hybridized carbons (Fsp3) is 0. The van der Waals surface area contributed by atoms with Crippen molar-refractivity contribution in [3.05, 3.63) is 237 Å². The van der Waals surface area contributed by atoms with E-state index in [9.17, 15) is 0 Å². The molecule has 0 atom stereocenters. The van der Waals surface area contributed by atoms with E-state index in [1.54, 1.807) is 0 Å². The Bertz CT molecular complexity index is 3550. The monoisotopic (exact) mass is 1020 g/mol. The van der Waals surface area contributed by atoms with Crippen LogP contribution in [0.2, 0.25) is 0 Å². The van der Waals surface area contributed by atoms with Crippen LogP contribution >= 0.6 is 0 Å². The quantitative estimate of drug-likeness (QED) is 0.112. The van der Waals surface area contributed by atoms with Crippen molar-refractivity contribution in [2.45, 2.75) is 0 Å². The zero-order valence-electron chi connectivity index (χ0n) is 35.4. The average Bonchev–Trinajstić information content (AvgIpc) is 3.90. The third kappa shape index (κ3) is 7.38. The van der Waals surface area contributed by atoms with Gasteiger partial charge in [-0.2, -0.15) is 5.10 Å². The molecule has 0 aliphatic rings. The second-order valence-corrected chi connectivity index (χ2v) is 16.0. The van der Waals surface area contributed by atoms with Crippen LogP contribution in [0.1, 0.15) is 0 Å². The van der Waals surface area contributed by atoms with Gasteiger partial charge in [-0.05, 0) is 93.3 Å². The van der Waals surface area contributed by atoms with Crippen LogP contribution in [0.3, 0.4) is 0 Å². The predicted octanol–water partition coefficient (Wildman–Crippen LogP) is 14.6. The SMILES string of the molecule is [Ir+3].[c-]1cc(-c2ccccc2-c2cc(-c3ccccc3-c3c[c-]c(-c4ccccn4)cc3)cc(-c3ccccc3-c3c[c-]c4c(c3)c3ccnn3c3cccnc43)c2)ccc1-c1ccccn1. The standard InChI is InChI=1S/C60H36N5.Ir/c1-4-15-51(48(12-1)40-21-25-42(26-22-40)56-18-7-9-32-61-56)45-36-46(52-16-5-2-13-49(52)41-23-27-43(28-24-41)57-19-8-10-33-62-57)38-47(37-45)53-17-6-3-14-50(53)44-29-30-54-55(39-44)58-31-35-64-65(58)59-20-11-34-63-60(54)59;/h1-25,27,29,31-39H;/q-3;+3. The van der Waals surface area contributed by atoms with E-state index in [0.29, 0.717) is 0 Å². The minimum Gasteiger partial charge on any atom is -0.305 e. The number of fused-ring (bicyclic) bond motifs is 6. The van der Waals surface area contributed by atoms with Crippen LogP contribution in [-0.2, 0) is 20.1 Å². The van der Waals surface area contributed by atoms with Gasteiger partial charge < -0.3 is 15.0 Å². The molecule has 5 heterocycles. The molecule has 6 heteroatoms. The normalized spacial score (nSPS) is 11.2. The van der Waals surface area contributed by atoms with Gasteiger partial charge >= 0.3 is 20.1 Å². The van der Waals surface area contributed by atoms with Crippen LogP contribution in [0.4, 0.5) is 0 Å². The van der Waals surface area contributed by atoms with E-state index in [2.05, 4.69) is 185 Å². The van der Waals surface area contributed by atoms with Gasteiger partial charge in [0.05, 0.1) is 0 Å². The molecule has 310 valence electrons.